The zero-order chi connectivity index (χ0) is 29.2. The molecule has 2 nitrogen and oxygen atoms in total. The second-order valence-electron chi connectivity index (χ2n) is 9.33. The Morgan fingerprint density at radius 2 is 0.700 bits per heavy atom. The molecule has 0 heterocycles. The fourth-order valence-electron chi connectivity index (χ4n) is 3.67. The van der Waals surface area contributed by atoms with Crippen LogP contribution in [0.3, 0.4) is 0 Å². The van der Waals surface area contributed by atoms with Gasteiger partial charge in [0.05, 0.1) is 0 Å². The van der Waals surface area contributed by atoms with Gasteiger partial charge < -0.3 is 10.0 Å². The van der Waals surface area contributed by atoms with Crippen LogP contribution in [0.2, 0.25) is 0 Å². The van der Waals surface area contributed by atoms with E-state index in [1.54, 1.807) is 12.1 Å². The highest BCUT2D eigenvalue weighted by molar-refractivity contribution is 9.11. The summed E-state index contributed by atoms with van der Waals surface area (Å²) in [6, 6.07) is 37.0. The molecule has 0 atom stereocenters. The van der Waals surface area contributed by atoms with Crippen LogP contribution in [-0.2, 0) is 0 Å². The van der Waals surface area contributed by atoms with Crippen molar-refractivity contribution >= 4 is 76.3 Å². The van der Waals surface area contributed by atoms with Crippen LogP contribution in [0.4, 0.5) is 0 Å². The average molecular weight is 788 g/mol. The molecule has 0 radical (unpaired) electrons. The van der Waals surface area contributed by atoms with Gasteiger partial charge in [0.25, 0.3) is 0 Å². The number of aryl methyl sites for hydroxylation is 3. The van der Waals surface area contributed by atoms with Gasteiger partial charge in [-0.1, -0.05) is 153 Å². The molecule has 0 saturated heterocycles. The quantitative estimate of drug-likeness (QED) is 0.179. The summed E-state index contributed by atoms with van der Waals surface area (Å²) in [5, 5.41) is 17.3. The van der Waals surface area contributed by atoms with Crippen LogP contribution < -0.4 is 5.46 Å². The van der Waals surface area contributed by atoms with Crippen LogP contribution in [0.15, 0.2) is 127 Å². The lowest BCUT2D eigenvalue weighted by Crippen LogP contribution is -2.29. The van der Waals surface area contributed by atoms with E-state index in [2.05, 4.69) is 144 Å². The Balaban J connectivity index is 0.000000193. The first kappa shape index (κ1) is 32.5. The maximum absolute atomic E-state index is 8.67. The molecule has 0 fully saturated rings. The fraction of sp³-hybridized carbons (Fsp3) is 0.0909. The van der Waals surface area contributed by atoms with Gasteiger partial charge in [-0.25, -0.2) is 0 Å². The minimum Gasteiger partial charge on any atom is -0.423 e. The predicted octanol–water partition coefficient (Wildman–Crippen LogP) is 10.0. The van der Waals surface area contributed by atoms with E-state index in [9.17, 15) is 0 Å². The maximum atomic E-state index is 8.67. The summed E-state index contributed by atoms with van der Waals surface area (Å²) in [4.78, 5) is 0. The first-order valence-electron chi connectivity index (χ1n) is 12.5. The third-order valence-electron chi connectivity index (χ3n) is 5.87. The first-order valence-corrected chi connectivity index (χ1v) is 15.7. The molecule has 0 spiro atoms. The van der Waals surface area contributed by atoms with Crippen molar-refractivity contribution in [2.45, 2.75) is 20.8 Å². The number of rotatable bonds is 3. The fourth-order valence-corrected chi connectivity index (χ4v) is 6.57. The van der Waals surface area contributed by atoms with Gasteiger partial charge in [0.1, 0.15) is 0 Å². The zero-order valence-corrected chi connectivity index (χ0v) is 28.7. The monoisotopic (exact) mass is 784 g/mol. The maximum Gasteiger partial charge on any atom is 0.488 e. The Morgan fingerprint density at radius 3 is 1.02 bits per heavy atom. The van der Waals surface area contributed by atoms with Crippen molar-refractivity contribution < 1.29 is 10.0 Å². The molecule has 0 unspecified atom stereocenters. The standard InChI is InChI=1S/C20H17Br.C7H9BO2.C6H3Br3/c1-14-3-7-16(8-4-14)18-11-19(13-20(21)12-18)17-9-5-15(2)6-10-17;1-6-2-4-7(5-3-6)8(9)10;7-4-1-5(8)3-6(9)2-4/h3-13H,1-2H3;2-5,9-10H,1H3;1-3H. The molecule has 2 N–H and O–H groups in total. The minimum absolute atomic E-state index is 0.533. The molecule has 0 aliphatic heterocycles. The molecule has 204 valence electrons. The Labute approximate surface area is 271 Å². The van der Waals surface area contributed by atoms with E-state index >= 15 is 0 Å². The molecule has 0 bridgehead atoms. The lowest BCUT2D eigenvalue weighted by Gasteiger charge is -2.08. The number of hydrogen-bond donors (Lipinski definition) is 2. The van der Waals surface area contributed by atoms with E-state index in [4.69, 9.17) is 10.0 Å². The van der Waals surface area contributed by atoms with Crippen molar-refractivity contribution in [3.8, 4) is 22.3 Å². The topological polar surface area (TPSA) is 40.5 Å². The van der Waals surface area contributed by atoms with Crippen molar-refractivity contribution in [1.29, 1.82) is 0 Å². The molecule has 40 heavy (non-hydrogen) atoms. The Hall–Kier alpha value is -2.00. The highest BCUT2D eigenvalue weighted by atomic mass is 79.9. The van der Waals surface area contributed by atoms with Gasteiger partial charge in [-0.05, 0) is 84.9 Å². The van der Waals surface area contributed by atoms with Crippen LogP contribution >= 0.6 is 63.7 Å². The summed E-state index contributed by atoms with van der Waals surface area (Å²) in [5.74, 6) is 0. The molecule has 5 aromatic rings. The Kier molecular flexibility index (Phi) is 12.9. The van der Waals surface area contributed by atoms with Gasteiger partial charge in [0.15, 0.2) is 0 Å². The second kappa shape index (κ2) is 15.9. The molecule has 0 aromatic heterocycles. The van der Waals surface area contributed by atoms with E-state index in [1.807, 2.05) is 37.3 Å². The Morgan fingerprint density at radius 1 is 0.400 bits per heavy atom. The summed E-state index contributed by atoms with van der Waals surface area (Å²) in [5.41, 5.74) is 9.18. The summed E-state index contributed by atoms with van der Waals surface area (Å²) >= 11 is 13.7. The zero-order valence-electron chi connectivity index (χ0n) is 22.4. The van der Waals surface area contributed by atoms with Gasteiger partial charge in [-0.15, -0.1) is 0 Å². The van der Waals surface area contributed by atoms with Gasteiger partial charge in [0, 0.05) is 17.9 Å². The number of halogens is 4. The van der Waals surface area contributed by atoms with Crippen molar-refractivity contribution in [2.24, 2.45) is 0 Å². The van der Waals surface area contributed by atoms with E-state index < -0.39 is 7.12 Å². The third kappa shape index (κ3) is 10.8. The summed E-state index contributed by atoms with van der Waals surface area (Å²) < 4.78 is 4.33. The molecular weight excluding hydrogens is 759 g/mol. The van der Waals surface area contributed by atoms with Gasteiger partial charge >= 0.3 is 7.12 Å². The summed E-state index contributed by atoms with van der Waals surface area (Å²) in [6.07, 6.45) is 0. The average Bonchev–Trinajstić information content (AvgIpc) is 2.89. The van der Waals surface area contributed by atoms with Crippen LogP contribution in [0.5, 0.6) is 0 Å². The smallest absolute Gasteiger partial charge is 0.423 e. The van der Waals surface area contributed by atoms with Gasteiger partial charge in [-0.3, -0.25) is 0 Å². The highest BCUT2D eigenvalue weighted by Gasteiger charge is 2.08. The third-order valence-corrected chi connectivity index (χ3v) is 7.70. The van der Waals surface area contributed by atoms with Crippen LogP contribution in [0.1, 0.15) is 16.7 Å². The van der Waals surface area contributed by atoms with E-state index in [1.165, 1.54) is 33.4 Å². The van der Waals surface area contributed by atoms with Crippen molar-refractivity contribution in [3.63, 3.8) is 0 Å². The number of benzene rings is 5. The largest absolute Gasteiger partial charge is 0.488 e. The van der Waals surface area contributed by atoms with Gasteiger partial charge in [0.2, 0.25) is 0 Å². The lowest BCUT2D eigenvalue weighted by molar-refractivity contribution is 0.426. The molecule has 5 aromatic carbocycles. The van der Waals surface area contributed by atoms with Crippen LogP contribution in [0.25, 0.3) is 22.3 Å². The highest BCUT2D eigenvalue weighted by Crippen LogP contribution is 2.31. The molecule has 0 amide bonds. The minimum atomic E-state index is -1.35. The lowest BCUT2D eigenvalue weighted by atomic mass is 9.80. The molecule has 5 rings (SSSR count). The van der Waals surface area contributed by atoms with E-state index in [-0.39, 0.29) is 0 Å². The van der Waals surface area contributed by atoms with E-state index in [0.717, 1.165) is 23.5 Å². The van der Waals surface area contributed by atoms with Crippen LogP contribution in [-0.4, -0.2) is 17.2 Å². The van der Waals surface area contributed by atoms with Gasteiger partial charge in [-0.2, -0.15) is 0 Å². The molecule has 0 aliphatic carbocycles. The first-order chi connectivity index (χ1) is 19.0. The molecule has 0 aliphatic rings. The molecular formula is C33H29BBr4O2. The second-order valence-corrected chi connectivity index (χ2v) is 13.0. The molecule has 7 heteroatoms. The van der Waals surface area contributed by atoms with Crippen molar-refractivity contribution in [1.82, 2.24) is 0 Å². The SMILES string of the molecule is Brc1cc(Br)cc(Br)c1.Cc1ccc(-c2cc(Br)cc(-c3ccc(C)cc3)c2)cc1.Cc1ccc(B(O)O)cc1. The summed E-state index contributed by atoms with van der Waals surface area (Å²) in [7, 11) is -1.35. The van der Waals surface area contributed by atoms with Crippen molar-refractivity contribution in [3.05, 3.63) is 144 Å². The molecule has 0 saturated carbocycles. The number of hydrogen-bond acceptors (Lipinski definition) is 2. The predicted molar refractivity (Wildman–Crippen MR) is 185 cm³/mol. The van der Waals surface area contributed by atoms with Crippen LogP contribution in [0, 0.1) is 20.8 Å². The van der Waals surface area contributed by atoms with Crippen molar-refractivity contribution in [2.75, 3.05) is 0 Å². The normalized spacial score (nSPS) is 10.1. The van der Waals surface area contributed by atoms with E-state index in [0.29, 0.717) is 5.46 Å². The summed E-state index contributed by atoms with van der Waals surface area (Å²) in [6.45, 7) is 6.18. The Bertz CT molecular complexity index is 1400.